The number of hydrogen-bond donors (Lipinski definition) is 1. The molecule has 0 aromatic heterocycles. The van der Waals surface area contributed by atoms with Crippen LogP contribution in [0, 0.1) is 0 Å². The van der Waals surface area contributed by atoms with Gasteiger partial charge >= 0.3 is 0 Å². The van der Waals surface area contributed by atoms with Gasteiger partial charge < -0.3 is 14.8 Å². The van der Waals surface area contributed by atoms with Gasteiger partial charge in [0, 0.05) is 25.2 Å². The number of hydrogen-bond acceptors (Lipinski definition) is 4. The molecule has 0 bridgehead atoms. The zero-order chi connectivity index (χ0) is 14.9. The molecule has 1 N–H and O–H groups in total. The van der Waals surface area contributed by atoms with E-state index >= 15 is 0 Å². The Balaban J connectivity index is 1.42. The predicted molar refractivity (Wildman–Crippen MR) is 82.6 cm³/mol. The van der Waals surface area contributed by atoms with Crippen molar-refractivity contribution >= 4 is 12.0 Å². The number of benzene rings is 1. The maximum atomic E-state index is 11.5. The molecule has 5 nitrogen and oxygen atoms in total. The van der Waals surface area contributed by atoms with Crippen LogP contribution in [0.2, 0.25) is 0 Å². The second-order valence-corrected chi connectivity index (χ2v) is 6.18. The summed E-state index contributed by atoms with van der Waals surface area (Å²) >= 11 is 0. The molecule has 3 aliphatic heterocycles. The Hall–Kier alpha value is -1.85. The lowest BCUT2D eigenvalue weighted by molar-refractivity contribution is -0.140. The first kappa shape index (κ1) is 13.8. The molecule has 0 unspecified atom stereocenters. The van der Waals surface area contributed by atoms with Gasteiger partial charge in [0.2, 0.25) is 5.91 Å². The normalized spacial score (nSPS) is 28.0. The van der Waals surface area contributed by atoms with E-state index < -0.39 is 0 Å². The first-order valence-corrected chi connectivity index (χ1v) is 7.82. The van der Waals surface area contributed by atoms with Crippen LogP contribution in [0.5, 0.6) is 5.75 Å². The number of para-hydroxylation sites is 1. The lowest BCUT2D eigenvalue weighted by Gasteiger charge is -2.41. The SMILES string of the molecule is O=C1CO[C@H]2CCN(CC3=Cc4ccccc4OC3)C[C@@H]2N1. The van der Waals surface area contributed by atoms with Crippen molar-refractivity contribution in [3.63, 3.8) is 0 Å². The number of nitrogens with one attached hydrogen (secondary N) is 1. The van der Waals surface area contributed by atoms with E-state index in [0.717, 1.165) is 37.4 Å². The van der Waals surface area contributed by atoms with Crippen LogP contribution in [0.1, 0.15) is 12.0 Å². The maximum Gasteiger partial charge on any atom is 0.246 e. The fourth-order valence-electron chi connectivity index (χ4n) is 3.45. The van der Waals surface area contributed by atoms with E-state index in [2.05, 4.69) is 22.4 Å². The van der Waals surface area contributed by atoms with E-state index in [9.17, 15) is 4.79 Å². The third-order valence-corrected chi connectivity index (χ3v) is 4.53. The van der Waals surface area contributed by atoms with Crippen molar-refractivity contribution in [2.24, 2.45) is 0 Å². The molecule has 0 spiro atoms. The molecular weight excluding hydrogens is 280 g/mol. The molecule has 4 rings (SSSR count). The molecule has 116 valence electrons. The summed E-state index contributed by atoms with van der Waals surface area (Å²) in [6.45, 7) is 3.57. The van der Waals surface area contributed by atoms with Crippen molar-refractivity contribution in [1.82, 2.24) is 10.2 Å². The number of nitrogens with zero attached hydrogens (tertiary/aromatic N) is 1. The average molecular weight is 300 g/mol. The van der Waals surface area contributed by atoms with Gasteiger partial charge in [-0.05, 0) is 24.1 Å². The van der Waals surface area contributed by atoms with Gasteiger partial charge in [-0.3, -0.25) is 9.69 Å². The molecule has 2 atom stereocenters. The topological polar surface area (TPSA) is 50.8 Å². The molecule has 1 amide bonds. The monoisotopic (exact) mass is 300 g/mol. The Kier molecular flexibility index (Phi) is 3.60. The molecule has 0 radical (unpaired) electrons. The fraction of sp³-hybridized carbons (Fsp3) is 0.471. The molecule has 0 saturated carbocycles. The van der Waals surface area contributed by atoms with Crippen LogP contribution in [0.3, 0.4) is 0 Å². The van der Waals surface area contributed by atoms with Crippen molar-refractivity contribution in [2.75, 3.05) is 32.8 Å². The van der Waals surface area contributed by atoms with Gasteiger partial charge in [-0.25, -0.2) is 0 Å². The Morgan fingerprint density at radius 3 is 3.14 bits per heavy atom. The smallest absolute Gasteiger partial charge is 0.246 e. The summed E-state index contributed by atoms with van der Waals surface area (Å²) in [6.07, 6.45) is 3.36. The Bertz CT molecular complexity index is 614. The number of piperidine rings is 1. The molecule has 0 aliphatic carbocycles. The predicted octanol–water partition coefficient (Wildman–Crippen LogP) is 1.05. The van der Waals surface area contributed by atoms with Gasteiger partial charge in [-0.2, -0.15) is 0 Å². The molecule has 3 heterocycles. The Morgan fingerprint density at radius 1 is 1.27 bits per heavy atom. The summed E-state index contributed by atoms with van der Waals surface area (Å²) in [5.41, 5.74) is 2.42. The summed E-state index contributed by atoms with van der Waals surface area (Å²) in [5, 5.41) is 3.04. The number of likely N-dealkylation sites (tertiary alicyclic amines) is 1. The molecule has 2 saturated heterocycles. The minimum atomic E-state index is -0.00255. The number of fused-ring (bicyclic) bond motifs is 2. The van der Waals surface area contributed by atoms with Crippen LogP contribution in [0.25, 0.3) is 6.08 Å². The first-order valence-electron chi connectivity index (χ1n) is 7.82. The molecule has 2 fully saturated rings. The van der Waals surface area contributed by atoms with Gasteiger partial charge in [0.15, 0.2) is 0 Å². The van der Waals surface area contributed by atoms with Gasteiger partial charge in [0.25, 0.3) is 0 Å². The Labute approximate surface area is 129 Å². The highest BCUT2D eigenvalue weighted by atomic mass is 16.5. The zero-order valence-electron chi connectivity index (χ0n) is 12.5. The van der Waals surface area contributed by atoms with E-state index in [1.165, 1.54) is 5.57 Å². The summed E-state index contributed by atoms with van der Waals surface area (Å²) in [5.74, 6) is 0.954. The first-order chi connectivity index (χ1) is 10.8. The third kappa shape index (κ3) is 2.74. The second kappa shape index (κ2) is 5.74. The second-order valence-electron chi connectivity index (χ2n) is 6.18. The van der Waals surface area contributed by atoms with Gasteiger partial charge in [-0.15, -0.1) is 0 Å². The van der Waals surface area contributed by atoms with Crippen LogP contribution in [-0.2, 0) is 9.53 Å². The van der Waals surface area contributed by atoms with Crippen molar-refractivity contribution in [2.45, 2.75) is 18.6 Å². The van der Waals surface area contributed by atoms with Crippen molar-refractivity contribution in [3.05, 3.63) is 35.4 Å². The highest BCUT2D eigenvalue weighted by molar-refractivity contribution is 5.78. The van der Waals surface area contributed by atoms with E-state index in [1.54, 1.807) is 0 Å². The van der Waals surface area contributed by atoms with E-state index in [4.69, 9.17) is 9.47 Å². The lowest BCUT2D eigenvalue weighted by atomic mass is 9.99. The third-order valence-electron chi connectivity index (χ3n) is 4.53. The van der Waals surface area contributed by atoms with Crippen LogP contribution in [0.4, 0.5) is 0 Å². The Morgan fingerprint density at radius 2 is 2.18 bits per heavy atom. The standard InChI is InChI=1S/C17H20N2O3/c20-17-11-22-16-5-6-19(9-14(16)18-17)8-12-7-13-3-1-2-4-15(13)21-10-12/h1-4,7,14,16H,5-6,8-11H2,(H,18,20)/t14-,16-/m0/s1. The summed E-state index contributed by atoms with van der Waals surface area (Å²) < 4.78 is 11.4. The van der Waals surface area contributed by atoms with Crippen molar-refractivity contribution < 1.29 is 14.3 Å². The highest BCUT2D eigenvalue weighted by Crippen LogP contribution is 2.27. The van der Waals surface area contributed by atoms with Gasteiger partial charge in [-0.1, -0.05) is 18.2 Å². The van der Waals surface area contributed by atoms with Crippen LogP contribution in [0.15, 0.2) is 29.8 Å². The van der Waals surface area contributed by atoms with Crippen LogP contribution >= 0.6 is 0 Å². The number of rotatable bonds is 2. The molecule has 1 aromatic rings. The number of carbonyl (C=O) groups excluding carboxylic acids is 1. The van der Waals surface area contributed by atoms with Crippen LogP contribution in [-0.4, -0.2) is 55.8 Å². The summed E-state index contributed by atoms with van der Waals surface area (Å²) in [4.78, 5) is 13.8. The lowest BCUT2D eigenvalue weighted by Crippen LogP contribution is -2.60. The minimum Gasteiger partial charge on any atom is -0.489 e. The number of carbonyl (C=O) groups is 1. The molecule has 3 aliphatic rings. The van der Waals surface area contributed by atoms with Gasteiger partial charge in [0.1, 0.15) is 19.0 Å². The molecule has 5 heteroatoms. The molecule has 22 heavy (non-hydrogen) atoms. The summed E-state index contributed by atoms with van der Waals surface area (Å²) in [7, 11) is 0. The fourth-order valence-corrected chi connectivity index (χ4v) is 3.45. The maximum absolute atomic E-state index is 11.5. The zero-order valence-corrected chi connectivity index (χ0v) is 12.5. The number of amides is 1. The minimum absolute atomic E-state index is 0.00255. The van der Waals surface area contributed by atoms with E-state index in [-0.39, 0.29) is 24.7 Å². The van der Waals surface area contributed by atoms with Gasteiger partial charge in [0.05, 0.1) is 12.1 Å². The molecular formula is C17H20N2O3. The summed E-state index contributed by atoms with van der Waals surface area (Å²) in [6, 6.07) is 8.22. The average Bonchev–Trinajstić information content (AvgIpc) is 2.54. The van der Waals surface area contributed by atoms with E-state index in [1.807, 2.05) is 18.2 Å². The molecule has 1 aromatic carbocycles. The van der Waals surface area contributed by atoms with Crippen molar-refractivity contribution in [3.8, 4) is 5.75 Å². The number of ether oxygens (including phenoxy) is 2. The highest BCUT2D eigenvalue weighted by Gasteiger charge is 2.34. The van der Waals surface area contributed by atoms with Crippen LogP contribution < -0.4 is 10.1 Å². The number of morpholine rings is 1. The quantitative estimate of drug-likeness (QED) is 0.887. The largest absolute Gasteiger partial charge is 0.489 e. The van der Waals surface area contributed by atoms with Crippen molar-refractivity contribution in [1.29, 1.82) is 0 Å². The van der Waals surface area contributed by atoms with E-state index in [0.29, 0.717) is 6.61 Å².